The summed E-state index contributed by atoms with van der Waals surface area (Å²) in [5.74, 6) is -1.39. The molecule has 2 N–H and O–H groups in total. The van der Waals surface area contributed by atoms with Gasteiger partial charge in [0.2, 0.25) is 5.91 Å². The number of amides is 1. The molecule has 1 atom stereocenters. The minimum absolute atomic E-state index is 0.0978. The van der Waals surface area contributed by atoms with E-state index in [2.05, 4.69) is 5.32 Å². The second kappa shape index (κ2) is 4.85. The van der Waals surface area contributed by atoms with Gasteiger partial charge in [0.05, 0.1) is 18.2 Å². The van der Waals surface area contributed by atoms with Crippen LogP contribution in [0.25, 0.3) is 0 Å². The molecule has 0 spiro atoms. The van der Waals surface area contributed by atoms with E-state index in [9.17, 15) is 9.59 Å². The maximum absolute atomic E-state index is 11.8. The fourth-order valence-electron chi connectivity index (χ4n) is 1.91. The zero-order chi connectivity index (χ0) is 13.1. The minimum atomic E-state index is -1.07. The van der Waals surface area contributed by atoms with E-state index < -0.39 is 12.0 Å². The molecule has 6 heteroatoms. The molecule has 1 aliphatic rings. The summed E-state index contributed by atoms with van der Waals surface area (Å²) in [6.45, 7) is 0.290. The third-order valence-electron chi connectivity index (χ3n) is 2.73. The number of benzene rings is 1. The van der Waals surface area contributed by atoms with Crippen LogP contribution in [0.4, 0.5) is 5.69 Å². The fraction of sp³-hybridized carbons (Fsp3) is 0.250. The van der Waals surface area contributed by atoms with Gasteiger partial charge in [0.15, 0.2) is 0 Å². The van der Waals surface area contributed by atoms with E-state index in [1.165, 1.54) is 11.0 Å². The lowest BCUT2D eigenvalue weighted by atomic mass is 10.1. The molecule has 1 amide bonds. The number of carbonyl (C=O) groups is 2. The minimum Gasteiger partial charge on any atom is -0.480 e. The van der Waals surface area contributed by atoms with Crippen molar-refractivity contribution in [2.45, 2.75) is 6.04 Å². The molecule has 6 nitrogen and oxygen atoms in total. The van der Waals surface area contributed by atoms with Crippen LogP contribution in [0.1, 0.15) is 5.56 Å². The summed E-state index contributed by atoms with van der Waals surface area (Å²) in [4.78, 5) is 24.2. The van der Waals surface area contributed by atoms with Crippen molar-refractivity contribution in [2.24, 2.45) is 0 Å². The molecule has 0 aliphatic carbocycles. The summed E-state index contributed by atoms with van der Waals surface area (Å²) >= 11 is 0. The number of hydrogen-bond donors (Lipinski definition) is 2. The lowest BCUT2D eigenvalue weighted by Gasteiger charge is -2.33. The molecule has 1 saturated heterocycles. The second-order valence-electron chi connectivity index (χ2n) is 3.91. The summed E-state index contributed by atoms with van der Waals surface area (Å²) in [7, 11) is 0. The zero-order valence-corrected chi connectivity index (χ0v) is 9.46. The number of hydrogen-bond acceptors (Lipinski definition) is 4. The van der Waals surface area contributed by atoms with Gasteiger partial charge in [0.25, 0.3) is 0 Å². The van der Waals surface area contributed by atoms with Crippen LogP contribution in [0.3, 0.4) is 0 Å². The van der Waals surface area contributed by atoms with Crippen molar-refractivity contribution in [2.75, 3.05) is 18.0 Å². The van der Waals surface area contributed by atoms with Gasteiger partial charge >= 0.3 is 5.97 Å². The number of nitrogens with zero attached hydrogens (tertiary/aromatic N) is 2. The lowest BCUT2D eigenvalue weighted by Crippen LogP contribution is -2.58. The molecule has 2 rings (SSSR count). The van der Waals surface area contributed by atoms with E-state index >= 15 is 0 Å². The molecule has 1 aromatic rings. The van der Waals surface area contributed by atoms with E-state index in [1.54, 1.807) is 18.2 Å². The Morgan fingerprint density at radius 1 is 1.56 bits per heavy atom. The van der Waals surface area contributed by atoms with E-state index in [-0.39, 0.29) is 19.0 Å². The monoisotopic (exact) mass is 245 g/mol. The van der Waals surface area contributed by atoms with Gasteiger partial charge in [-0.15, -0.1) is 0 Å². The Hall–Kier alpha value is -2.39. The number of nitriles is 1. The first kappa shape index (κ1) is 12.1. The van der Waals surface area contributed by atoms with Gasteiger partial charge in [0, 0.05) is 12.2 Å². The summed E-state index contributed by atoms with van der Waals surface area (Å²) in [6.07, 6.45) is 0. The highest BCUT2D eigenvalue weighted by molar-refractivity contribution is 6.01. The van der Waals surface area contributed by atoms with E-state index in [1.807, 2.05) is 6.07 Å². The third kappa shape index (κ3) is 2.17. The number of carboxylic acids is 1. The summed E-state index contributed by atoms with van der Waals surface area (Å²) in [5.41, 5.74) is 0.830. The Morgan fingerprint density at radius 3 is 3.00 bits per heavy atom. The van der Waals surface area contributed by atoms with Crippen molar-refractivity contribution in [1.82, 2.24) is 5.32 Å². The Bertz CT molecular complexity index is 536. The molecule has 1 fully saturated rings. The molecule has 92 valence electrons. The van der Waals surface area contributed by atoms with Crippen molar-refractivity contribution in [3.8, 4) is 6.07 Å². The summed E-state index contributed by atoms with van der Waals surface area (Å²) < 4.78 is 0. The molecule has 18 heavy (non-hydrogen) atoms. The van der Waals surface area contributed by atoms with Gasteiger partial charge in [-0.3, -0.25) is 9.69 Å². The Morgan fingerprint density at radius 2 is 2.33 bits per heavy atom. The number of carbonyl (C=O) groups excluding carboxylic acids is 1. The number of anilines is 1. The maximum atomic E-state index is 11.8. The van der Waals surface area contributed by atoms with E-state index in [0.29, 0.717) is 11.3 Å². The first-order valence-electron chi connectivity index (χ1n) is 5.39. The van der Waals surface area contributed by atoms with Crippen LogP contribution >= 0.6 is 0 Å². The van der Waals surface area contributed by atoms with Crippen LogP contribution in [0.2, 0.25) is 0 Å². The standard InChI is InChI=1S/C12H11N3O3/c13-5-8-2-1-3-9(4-8)15-10(12(17)18)6-14-7-11(15)16/h1-4,10,14H,6-7H2,(H,17,18). The van der Waals surface area contributed by atoms with Gasteiger partial charge in [-0.25, -0.2) is 4.79 Å². The van der Waals surface area contributed by atoms with Gasteiger partial charge in [0.1, 0.15) is 6.04 Å². The lowest BCUT2D eigenvalue weighted by molar-refractivity contribution is -0.140. The highest BCUT2D eigenvalue weighted by Gasteiger charge is 2.34. The normalized spacial score (nSPS) is 19.4. The van der Waals surface area contributed by atoms with E-state index in [0.717, 1.165) is 0 Å². The third-order valence-corrected chi connectivity index (χ3v) is 2.73. The Labute approximate surface area is 103 Å². The first-order valence-corrected chi connectivity index (χ1v) is 5.39. The van der Waals surface area contributed by atoms with Crippen molar-refractivity contribution in [3.05, 3.63) is 29.8 Å². The van der Waals surface area contributed by atoms with Crippen LogP contribution in [0.5, 0.6) is 0 Å². The topological polar surface area (TPSA) is 93.4 Å². The van der Waals surface area contributed by atoms with Gasteiger partial charge < -0.3 is 10.4 Å². The number of aliphatic carboxylic acids is 1. The quantitative estimate of drug-likeness (QED) is 0.761. The van der Waals surface area contributed by atoms with Gasteiger partial charge in [-0.1, -0.05) is 6.07 Å². The average Bonchev–Trinajstić information content (AvgIpc) is 2.38. The van der Waals surface area contributed by atoms with Crippen molar-refractivity contribution in [1.29, 1.82) is 5.26 Å². The molecule has 0 aromatic heterocycles. The molecule has 0 radical (unpaired) electrons. The zero-order valence-electron chi connectivity index (χ0n) is 9.46. The first-order chi connectivity index (χ1) is 8.63. The predicted octanol–water partition coefficient (Wildman–Crippen LogP) is -0.0523. The molecule has 1 aliphatic heterocycles. The number of carboxylic acid groups (broad SMARTS) is 1. The molecule has 1 aromatic carbocycles. The Balaban J connectivity index is 2.40. The van der Waals surface area contributed by atoms with Gasteiger partial charge in [-0.05, 0) is 18.2 Å². The van der Waals surface area contributed by atoms with Crippen LogP contribution in [-0.4, -0.2) is 36.1 Å². The molecule has 0 bridgehead atoms. The summed E-state index contributed by atoms with van der Waals surface area (Å²) in [5, 5.41) is 20.7. The van der Waals surface area contributed by atoms with Crippen LogP contribution in [-0.2, 0) is 9.59 Å². The molecule has 1 unspecified atom stereocenters. The van der Waals surface area contributed by atoms with Crippen molar-refractivity contribution < 1.29 is 14.7 Å². The Kier molecular flexibility index (Phi) is 3.26. The average molecular weight is 245 g/mol. The van der Waals surface area contributed by atoms with Crippen LogP contribution in [0, 0.1) is 11.3 Å². The molecule has 1 heterocycles. The molecular weight excluding hydrogens is 234 g/mol. The largest absolute Gasteiger partial charge is 0.480 e. The molecule has 0 saturated carbocycles. The fourth-order valence-corrected chi connectivity index (χ4v) is 1.91. The van der Waals surface area contributed by atoms with Crippen LogP contribution in [0.15, 0.2) is 24.3 Å². The van der Waals surface area contributed by atoms with Crippen molar-refractivity contribution >= 4 is 17.6 Å². The number of rotatable bonds is 2. The van der Waals surface area contributed by atoms with Gasteiger partial charge in [-0.2, -0.15) is 5.26 Å². The smallest absolute Gasteiger partial charge is 0.328 e. The molecular formula is C12H11N3O3. The highest BCUT2D eigenvalue weighted by Crippen LogP contribution is 2.20. The summed E-state index contributed by atoms with van der Waals surface area (Å²) in [6, 6.07) is 7.39. The number of piperazine rings is 1. The number of nitrogens with one attached hydrogen (secondary N) is 1. The maximum Gasteiger partial charge on any atom is 0.328 e. The second-order valence-corrected chi connectivity index (χ2v) is 3.91. The van der Waals surface area contributed by atoms with Crippen molar-refractivity contribution in [3.63, 3.8) is 0 Å². The SMILES string of the molecule is N#Cc1cccc(N2C(=O)CNCC2C(=O)O)c1. The van der Waals surface area contributed by atoms with E-state index in [4.69, 9.17) is 10.4 Å². The predicted molar refractivity (Wildman–Crippen MR) is 62.9 cm³/mol. The van der Waals surface area contributed by atoms with Crippen LogP contribution < -0.4 is 10.2 Å². The highest BCUT2D eigenvalue weighted by atomic mass is 16.4.